The lowest BCUT2D eigenvalue weighted by Crippen LogP contribution is -2.16. The van der Waals surface area contributed by atoms with E-state index >= 15 is 0 Å². The first-order chi connectivity index (χ1) is 8.16. The molecule has 0 unspecified atom stereocenters. The molecule has 1 aromatic carbocycles. The Labute approximate surface area is 104 Å². The molecule has 1 aromatic heterocycles. The molecule has 4 nitrogen and oxygen atoms in total. The van der Waals surface area contributed by atoms with Crippen LogP contribution in [0, 0.1) is 5.41 Å². The van der Waals surface area contributed by atoms with E-state index in [1.807, 2.05) is 43.0 Å². The molecule has 0 aliphatic carbocycles. The van der Waals surface area contributed by atoms with E-state index in [1.165, 1.54) is 4.88 Å². The van der Waals surface area contributed by atoms with Gasteiger partial charge in [-0.2, -0.15) is 0 Å². The highest BCUT2D eigenvalue weighted by molar-refractivity contribution is 7.09. The number of anilines is 1. The van der Waals surface area contributed by atoms with Gasteiger partial charge in [0.25, 0.3) is 0 Å². The monoisotopic (exact) mass is 246 g/mol. The number of nitrogens with two attached hydrogens (primary N) is 1. The Morgan fingerprint density at radius 3 is 2.65 bits per heavy atom. The quantitative estimate of drug-likeness (QED) is 0.641. The highest BCUT2D eigenvalue weighted by atomic mass is 32.1. The summed E-state index contributed by atoms with van der Waals surface area (Å²) in [6, 6.07) is 7.66. The van der Waals surface area contributed by atoms with Crippen LogP contribution in [0.4, 0.5) is 5.69 Å². The number of benzene rings is 1. The van der Waals surface area contributed by atoms with Crippen molar-refractivity contribution in [2.45, 2.75) is 6.54 Å². The number of aromatic nitrogens is 1. The number of nitrogens with one attached hydrogen (secondary N) is 1. The molecular formula is C12H14N4S. The van der Waals surface area contributed by atoms with Crippen LogP contribution in [0.3, 0.4) is 0 Å². The van der Waals surface area contributed by atoms with Crippen molar-refractivity contribution in [3.05, 3.63) is 46.4 Å². The number of nitrogens with zero attached hydrogens (tertiary/aromatic N) is 2. The van der Waals surface area contributed by atoms with E-state index in [-0.39, 0.29) is 5.84 Å². The Balaban J connectivity index is 2.09. The molecule has 5 heteroatoms. The highest BCUT2D eigenvalue weighted by Crippen LogP contribution is 2.17. The molecule has 88 valence electrons. The smallest absolute Gasteiger partial charge is 0.122 e. The van der Waals surface area contributed by atoms with Crippen LogP contribution in [-0.4, -0.2) is 17.9 Å². The fourth-order valence-corrected chi connectivity index (χ4v) is 2.19. The molecule has 0 spiro atoms. The van der Waals surface area contributed by atoms with Crippen molar-refractivity contribution >= 4 is 22.9 Å². The van der Waals surface area contributed by atoms with Crippen molar-refractivity contribution in [2.24, 2.45) is 5.73 Å². The van der Waals surface area contributed by atoms with Crippen molar-refractivity contribution in [1.29, 1.82) is 5.41 Å². The van der Waals surface area contributed by atoms with Gasteiger partial charge in [-0.05, 0) is 24.3 Å². The van der Waals surface area contributed by atoms with Crippen LogP contribution < -0.4 is 10.6 Å². The summed E-state index contributed by atoms with van der Waals surface area (Å²) in [6.45, 7) is 0.837. The normalized spacial score (nSPS) is 10.2. The number of nitrogen functional groups attached to an aromatic ring is 1. The minimum absolute atomic E-state index is 0.0988. The van der Waals surface area contributed by atoms with Crippen LogP contribution in [-0.2, 0) is 6.54 Å². The predicted octanol–water partition coefficient (Wildman–Crippen LogP) is 2.06. The minimum atomic E-state index is 0.0988. The van der Waals surface area contributed by atoms with E-state index in [9.17, 15) is 0 Å². The lowest BCUT2D eigenvalue weighted by atomic mass is 10.2. The number of rotatable bonds is 4. The summed E-state index contributed by atoms with van der Waals surface area (Å²) >= 11 is 1.65. The molecule has 0 amide bonds. The van der Waals surface area contributed by atoms with Gasteiger partial charge in [0.1, 0.15) is 5.84 Å². The Morgan fingerprint density at radius 1 is 1.41 bits per heavy atom. The Morgan fingerprint density at radius 2 is 2.12 bits per heavy atom. The van der Waals surface area contributed by atoms with Crippen molar-refractivity contribution < 1.29 is 0 Å². The standard InChI is InChI=1S/C12H14N4S/c1-16(7-11-6-15-8-17-11)10-4-2-9(3-5-10)12(13)14/h2-6,8H,7H2,1H3,(H3,13,14). The predicted molar refractivity (Wildman–Crippen MR) is 71.7 cm³/mol. The maximum atomic E-state index is 7.33. The zero-order valence-electron chi connectivity index (χ0n) is 9.55. The number of amidine groups is 1. The van der Waals surface area contributed by atoms with Gasteiger partial charge in [-0.15, -0.1) is 11.3 Å². The molecule has 0 fully saturated rings. The van der Waals surface area contributed by atoms with Crippen LogP contribution in [0.2, 0.25) is 0 Å². The topological polar surface area (TPSA) is 66.0 Å². The fourth-order valence-electron chi connectivity index (χ4n) is 1.54. The second-order valence-electron chi connectivity index (χ2n) is 3.78. The molecule has 3 N–H and O–H groups in total. The fraction of sp³-hybridized carbons (Fsp3) is 0.167. The summed E-state index contributed by atoms with van der Waals surface area (Å²) in [6.07, 6.45) is 1.88. The second kappa shape index (κ2) is 4.97. The van der Waals surface area contributed by atoms with E-state index in [0.717, 1.165) is 17.8 Å². The maximum Gasteiger partial charge on any atom is 0.122 e. The van der Waals surface area contributed by atoms with E-state index < -0.39 is 0 Å². The van der Waals surface area contributed by atoms with E-state index in [2.05, 4.69) is 9.88 Å². The Hall–Kier alpha value is -1.88. The van der Waals surface area contributed by atoms with E-state index in [1.54, 1.807) is 11.3 Å². The Kier molecular flexibility index (Phi) is 3.39. The number of thiazole rings is 1. The zero-order valence-corrected chi connectivity index (χ0v) is 10.4. The number of hydrogen-bond donors (Lipinski definition) is 2. The maximum absolute atomic E-state index is 7.33. The van der Waals surface area contributed by atoms with Gasteiger partial charge in [0.05, 0.1) is 12.1 Å². The summed E-state index contributed by atoms with van der Waals surface area (Å²) in [7, 11) is 2.03. The van der Waals surface area contributed by atoms with Crippen molar-refractivity contribution in [3.8, 4) is 0 Å². The molecule has 1 heterocycles. The first kappa shape index (κ1) is 11.6. The molecular weight excluding hydrogens is 232 g/mol. The lowest BCUT2D eigenvalue weighted by Gasteiger charge is -2.18. The van der Waals surface area contributed by atoms with Crippen LogP contribution in [0.5, 0.6) is 0 Å². The van der Waals surface area contributed by atoms with Gasteiger partial charge in [0, 0.05) is 29.4 Å². The van der Waals surface area contributed by atoms with E-state index in [4.69, 9.17) is 11.1 Å². The molecule has 17 heavy (non-hydrogen) atoms. The third-order valence-corrected chi connectivity index (χ3v) is 3.26. The van der Waals surface area contributed by atoms with Crippen LogP contribution in [0.1, 0.15) is 10.4 Å². The lowest BCUT2D eigenvalue weighted by molar-refractivity contribution is 0.937. The summed E-state index contributed by atoms with van der Waals surface area (Å²) in [5.74, 6) is 0.0988. The van der Waals surface area contributed by atoms with Gasteiger partial charge in [-0.25, -0.2) is 0 Å². The van der Waals surface area contributed by atoms with Crippen LogP contribution in [0.15, 0.2) is 36.0 Å². The van der Waals surface area contributed by atoms with Gasteiger partial charge in [0.2, 0.25) is 0 Å². The summed E-state index contributed by atoms with van der Waals surface area (Å²) < 4.78 is 0. The van der Waals surface area contributed by atoms with E-state index in [0.29, 0.717) is 0 Å². The van der Waals surface area contributed by atoms with Gasteiger partial charge < -0.3 is 10.6 Å². The van der Waals surface area contributed by atoms with Gasteiger partial charge in [-0.3, -0.25) is 10.4 Å². The molecule has 0 saturated carbocycles. The zero-order chi connectivity index (χ0) is 12.3. The molecule has 2 aromatic rings. The third kappa shape index (κ3) is 2.82. The van der Waals surface area contributed by atoms with Crippen molar-refractivity contribution in [3.63, 3.8) is 0 Å². The molecule has 2 rings (SSSR count). The van der Waals surface area contributed by atoms with Crippen LogP contribution >= 0.6 is 11.3 Å². The van der Waals surface area contributed by atoms with Crippen molar-refractivity contribution in [1.82, 2.24) is 4.98 Å². The van der Waals surface area contributed by atoms with Gasteiger partial charge >= 0.3 is 0 Å². The average molecular weight is 246 g/mol. The summed E-state index contributed by atoms with van der Waals surface area (Å²) in [5, 5.41) is 7.33. The molecule has 0 saturated heterocycles. The minimum Gasteiger partial charge on any atom is -0.384 e. The largest absolute Gasteiger partial charge is 0.384 e. The SMILES string of the molecule is CN(Cc1cncs1)c1ccc(C(=N)N)cc1. The highest BCUT2D eigenvalue weighted by Gasteiger charge is 2.04. The summed E-state index contributed by atoms with van der Waals surface area (Å²) in [5.41, 5.74) is 9.10. The average Bonchev–Trinajstić information content (AvgIpc) is 2.82. The first-order valence-electron chi connectivity index (χ1n) is 5.20. The third-order valence-electron chi connectivity index (χ3n) is 2.50. The summed E-state index contributed by atoms with van der Waals surface area (Å²) in [4.78, 5) is 7.41. The molecule has 0 bridgehead atoms. The molecule has 0 atom stereocenters. The van der Waals surface area contributed by atoms with Crippen LogP contribution in [0.25, 0.3) is 0 Å². The molecule has 0 aliphatic heterocycles. The first-order valence-corrected chi connectivity index (χ1v) is 6.08. The second-order valence-corrected chi connectivity index (χ2v) is 4.76. The van der Waals surface area contributed by atoms with Crippen molar-refractivity contribution in [2.75, 3.05) is 11.9 Å². The number of hydrogen-bond acceptors (Lipinski definition) is 4. The Bertz CT molecular complexity index is 490. The molecule has 0 radical (unpaired) electrons. The van der Waals surface area contributed by atoms with Gasteiger partial charge in [0.15, 0.2) is 0 Å². The van der Waals surface area contributed by atoms with Gasteiger partial charge in [-0.1, -0.05) is 0 Å². The molecule has 0 aliphatic rings.